The minimum absolute atomic E-state index is 0.0104. The molecule has 2 aromatic rings. The Morgan fingerprint density at radius 1 is 1.00 bits per heavy atom. The summed E-state index contributed by atoms with van der Waals surface area (Å²) in [6, 6.07) is 3.34. The average molecular weight is 522 g/mol. The standard InChI is InChI=1S/C26H34F3N5O3/c27-26(28,29)18-8-11-22-21(12-18)24(32-34(22)25(36)37)30-13-23(35)31-19-14-33(15-19)20-9-6-17(7-10-20)16-4-2-1-3-5-16/h8,11-12,16-17,19-20H,1-7,9-10,13-15H2,(H,30,32)(H,31,35)(H,36,37). The van der Waals surface area contributed by atoms with E-state index in [0.29, 0.717) is 10.7 Å². The Kier molecular flexibility index (Phi) is 7.33. The Morgan fingerprint density at radius 2 is 1.68 bits per heavy atom. The first-order chi connectivity index (χ1) is 17.7. The summed E-state index contributed by atoms with van der Waals surface area (Å²) in [6.07, 6.45) is 6.02. The molecule has 3 fully saturated rings. The van der Waals surface area contributed by atoms with Gasteiger partial charge in [0.1, 0.15) is 0 Å². The van der Waals surface area contributed by atoms with Gasteiger partial charge in [-0.3, -0.25) is 9.69 Å². The summed E-state index contributed by atoms with van der Waals surface area (Å²) in [5.74, 6) is 1.41. The van der Waals surface area contributed by atoms with Gasteiger partial charge in [-0.05, 0) is 55.7 Å². The number of aromatic nitrogens is 2. The van der Waals surface area contributed by atoms with E-state index in [4.69, 9.17) is 0 Å². The van der Waals surface area contributed by atoms with E-state index in [1.54, 1.807) is 0 Å². The number of carboxylic acid groups (broad SMARTS) is 1. The number of anilines is 1. The van der Waals surface area contributed by atoms with Gasteiger partial charge in [0.15, 0.2) is 5.82 Å². The fourth-order valence-corrected chi connectivity index (χ4v) is 6.46. The first-order valence-corrected chi connectivity index (χ1v) is 13.3. The van der Waals surface area contributed by atoms with Gasteiger partial charge in [0.25, 0.3) is 0 Å². The maximum Gasteiger partial charge on any atom is 0.432 e. The molecule has 3 aliphatic rings. The summed E-state index contributed by atoms with van der Waals surface area (Å²) in [6.45, 7) is 1.39. The molecule has 0 radical (unpaired) electrons. The summed E-state index contributed by atoms with van der Waals surface area (Å²) in [7, 11) is 0. The van der Waals surface area contributed by atoms with Crippen LogP contribution in [0.5, 0.6) is 0 Å². The molecular formula is C26H34F3N5O3. The van der Waals surface area contributed by atoms with Gasteiger partial charge in [0.2, 0.25) is 5.91 Å². The molecule has 1 aromatic carbocycles. The summed E-state index contributed by atoms with van der Waals surface area (Å²) in [5.41, 5.74) is -0.906. The van der Waals surface area contributed by atoms with Gasteiger partial charge in [-0.2, -0.15) is 17.9 Å². The first-order valence-electron chi connectivity index (χ1n) is 13.3. The van der Waals surface area contributed by atoms with Crippen LogP contribution in [0.25, 0.3) is 10.9 Å². The molecule has 1 aliphatic heterocycles. The molecule has 8 nitrogen and oxygen atoms in total. The number of amides is 1. The van der Waals surface area contributed by atoms with Gasteiger partial charge in [-0.1, -0.05) is 32.1 Å². The number of likely N-dealkylation sites (tertiary alicyclic amines) is 1. The number of halogens is 3. The van der Waals surface area contributed by atoms with E-state index in [1.165, 1.54) is 57.8 Å². The van der Waals surface area contributed by atoms with Crippen LogP contribution in [0.3, 0.4) is 0 Å². The van der Waals surface area contributed by atoms with Crippen LogP contribution in [0.4, 0.5) is 23.8 Å². The maximum absolute atomic E-state index is 13.2. The molecule has 5 rings (SSSR count). The first kappa shape index (κ1) is 25.8. The molecular weight excluding hydrogens is 487 g/mol. The van der Waals surface area contributed by atoms with Crippen LogP contribution in [0.2, 0.25) is 0 Å². The third-order valence-corrected chi connectivity index (χ3v) is 8.45. The fourth-order valence-electron chi connectivity index (χ4n) is 6.46. The molecule has 202 valence electrons. The van der Waals surface area contributed by atoms with Crippen molar-refractivity contribution in [1.82, 2.24) is 20.0 Å². The smallest absolute Gasteiger partial charge is 0.432 e. The second-order valence-corrected chi connectivity index (χ2v) is 10.8. The van der Waals surface area contributed by atoms with E-state index >= 15 is 0 Å². The highest BCUT2D eigenvalue weighted by Gasteiger charge is 2.37. The molecule has 2 aliphatic carbocycles. The number of fused-ring (bicyclic) bond motifs is 1. The molecule has 2 saturated carbocycles. The predicted octanol–water partition coefficient (Wildman–Crippen LogP) is 4.93. The molecule has 0 spiro atoms. The zero-order valence-corrected chi connectivity index (χ0v) is 20.8. The van der Waals surface area contributed by atoms with Crippen molar-refractivity contribution in [2.75, 3.05) is 25.0 Å². The van der Waals surface area contributed by atoms with E-state index in [1.807, 2.05) is 0 Å². The monoisotopic (exact) mass is 521 g/mol. The minimum Gasteiger partial charge on any atom is -0.463 e. The minimum atomic E-state index is -4.58. The van der Waals surface area contributed by atoms with Gasteiger partial charge in [-0.25, -0.2) is 4.79 Å². The SMILES string of the molecule is O=C(CNc1nn(C(=O)O)c2ccc(C(F)(F)F)cc12)NC1CN(C2CCC(C3CCCCC3)CC2)C1. The van der Waals surface area contributed by atoms with Crippen molar-refractivity contribution in [3.05, 3.63) is 23.8 Å². The maximum atomic E-state index is 13.2. The predicted molar refractivity (Wildman–Crippen MR) is 132 cm³/mol. The number of rotatable bonds is 6. The van der Waals surface area contributed by atoms with E-state index < -0.39 is 17.8 Å². The molecule has 11 heteroatoms. The van der Waals surface area contributed by atoms with Crippen molar-refractivity contribution in [2.45, 2.75) is 76.0 Å². The van der Waals surface area contributed by atoms with Gasteiger partial charge in [0.05, 0.1) is 23.7 Å². The van der Waals surface area contributed by atoms with Crippen molar-refractivity contribution < 1.29 is 27.9 Å². The Bertz CT molecular complexity index is 1130. The van der Waals surface area contributed by atoms with Gasteiger partial charge < -0.3 is 15.7 Å². The van der Waals surface area contributed by atoms with Gasteiger partial charge >= 0.3 is 12.3 Å². The lowest BCUT2D eigenvalue weighted by Gasteiger charge is -2.47. The van der Waals surface area contributed by atoms with Crippen molar-refractivity contribution in [1.29, 1.82) is 0 Å². The Hall–Kier alpha value is -2.82. The van der Waals surface area contributed by atoms with Gasteiger partial charge in [-0.15, -0.1) is 5.10 Å². The second-order valence-electron chi connectivity index (χ2n) is 10.8. The third-order valence-electron chi connectivity index (χ3n) is 8.45. The van der Waals surface area contributed by atoms with Crippen molar-refractivity contribution in [3.63, 3.8) is 0 Å². The zero-order chi connectivity index (χ0) is 26.2. The molecule has 0 atom stereocenters. The largest absolute Gasteiger partial charge is 0.463 e. The summed E-state index contributed by atoms with van der Waals surface area (Å²) >= 11 is 0. The molecule has 1 saturated heterocycles. The normalized spacial score (nSPS) is 24.1. The lowest BCUT2D eigenvalue weighted by Crippen LogP contribution is -2.63. The highest BCUT2D eigenvalue weighted by molar-refractivity contribution is 5.96. The molecule has 3 N–H and O–H groups in total. The van der Waals surface area contributed by atoms with Crippen LogP contribution in [0, 0.1) is 11.8 Å². The second kappa shape index (κ2) is 10.5. The zero-order valence-electron chi connectivity index (χ0n) is 20.8. The van der Waals surface area contributed by atoms with Crippen LogP contribution in [-0.2, 0) is 11.0 Å². The number of carbonyl (C=O) groups is 2. The van der Waals surface area contributed by atoms with Crippen molar-refractivity contribution in [2.24, 2.45) is 11.8 Å². The summed E-state index contributed by atoms with van der Waals surface area (Å²) < 4.78 is 40.1. The quantitative estimate of drug-likeness (QED) is 0.499. The van der Waals surface area contributed by atoms with Crippen LogP contribution >= 0.6 is 0 Å². The Balaban J connectivity index is 1.10. The topological polar surface area (TPSA) is 99.5 Å². The molecule has 37 heavy (non-hydrogen) atoms. The number of benzene rings is 1. The Labute approximate surface area is 213 Å². The van der Waals surface area contributed by atoms with E-state index in [2.05, 4.69) is 20.6 Å². The lowest BCUT2D eigenvalue weighted by atomic mass is 9.72. The lowest BCUT2D eigenvalue weighted by molar-refractivity contribution is -0.137. The molecule has 1 amide bonds. The molecule has 0 unspecified atom stereocenters. The number of carbonyl (C=O) groups excluding carboxylic acids is 1. The van der Waals surface area contributed by atoms with Crippen LogP contribution < -0.4 is 10.6 Å². The average Bonchev–Trinajstić information content (AvgIpc) is 3.23. The van der Waals surface area contributed by atoms with Crippen molar-refractivity contribution >= 4 is 28.7 Å². The molecule has 0 bridgehead atoms. The highest BCUT2D eigenvalue weighted by atomic mass is 19.4. The Morgan fingerprint density at radius 3 is 2.32 bits per heavy atom. The van der Waals surface area contributed by atoms with E-state index in [9.17, 15) is 27.9 Å². The number of nitrogens with zero attached hydrogens (tertiary/aromatic N) is 3. The van der Waals surface area contributed by atoms with E-state index in [-0.39, 0.29) is 35.2 Å². The van der Waals surface area contributed by atoms with Gasteiger partial charge in [0, 0.05) is 24.5 Å². The summed E-state index contributed by atoms with van der Waals surface area (Å²) in [5, 5.41) is 18.9. The van der Waals surface area contributed by atoms with Crippen molar-refractivity contribution in [3.8, 4) is 0 Å². The van der Waals surface area contributed by atoms with E-state index in [0.717, 1.165) is 43.1 Å². The molecule has 1 aromatic heterocycles. The third kappa shape index (κ3) is 5.71. The van der Waals surface area contributed by atoms with Crippen LogP contribution in [-0.4, -0.2) is 63.5 Å². The number of hydrogen-bond donors (Lipinski definition) is 3. The number of alkyl halides is 3. The number of nitrogens with one attached hydrogen (secondary N) is 2. The van der Waals surface area contributed by atoms with Crippen LogP contribution in [0.1, 0.15) is 63.4 Å². The highest BCUT2D eigenvalue weighted by Crippen LogP contribution is 2.40. The van der Waals surface area contributed by atoms with Crippen LogP contribution in [0.15, 0.2) is 18.2 Å². The molecule has 2 heterocycles. The summed E-state index contributed by atoms with van der Waals surface area (Å²) in [4.78, 5) is 26.4. The number of hydrogen-bond acceptors (Lipinski definition) is 5. The fraction of sp³-hybridized carbons (Fsp3) is 0.654.